The third-order valence-corrected chi connectivity index (χ3v) is 4.80. The van der Waals surface area contributed by atoms with E-state index in [0.717, 1.165) is 11.1 Å². The molecule has 3 rings (SSSR count). The second-order valence-corrected chi connectivity index (χ2v) is 8.01. The summed E-state index contributed by atoms with van der Waals surface area (Å²) in [6, 6.07) is 10.2. The molecule has 0 spiro atoms. The molecule has 154 valence electrons. The van der Waals surface area contributed by atoms with Crippen molar-refractivity contribution < 1.29 is 19.0 Å². The molecule has 0 saturated carbocycles. The van der Waals surface area contributed by atoms with Gasteiger partial charge in [-0.05, 0) is 28.7 Å². The maximum atomic E-state index is 14.0. The number of carboxylic acid groups (broad SMARTS) is 1. The van der Waals surface area contributed by atoms with Gasteiger partial charge in [-0.25, -0.2) is 9.18 Å². The first-order chi connectivity index (χ1) is 13.6. The van der Waals surface area contributed by atoms with Gasteiger partial charge in [0.05, 0.1) is 30.6 Å². The fraction of sp³-hybridized carbons (Fsp3) is 0.333. The third-order valence-electron chi connectivity index (χ3n) is 4.80. The van der Waals surface area contributed by atoms with Crippen molar-refractivity contribution in [3.63, 3.8) is 0 Å². The van der Waals surface area contributed by atoms with Gasteiger partial charge in [0.2, 0.25) is 0 Å². The van der Waals surface area contributed by atoms with Crippen LogP contribution in [0.25, 0.3) is 10.9 Å². The molecule has 0 aliphatic rings. The number of amides is 1. The SMILES string of the molecule is COc1c(F)ccc2c1c(N)nn2Cc1cccc(C(NC(=O)O)C(C)(C)C)c1. The summed E-state index contributed by atoms with van der Waals surface area (Å²) in [5, 5.41) is 16.6. The Bertz CT molecular complexity index is 1060. The number of fused-ring (bicyclic) bond motifs is 1. The van der Waals surface area contributed by atoms with Crippen LogP contribution in [0, 0.1) is 11.2 Å². The zero-order chi connectivity index (χ0) is 21.3. The molecule has 7 nitrogen and oxygen atoms in total. The maximum Gasteiger partial charge on any atom is 0.405 e. The second kappa shape index (κ2) is 7.62. The highest BCUT2D eigenvalue weighted by Crippen LogP contribution is 2.35. The van der Waals surface area contributed by atoms with Crippen molar-refractivity contribution in [3.05, 3.63) is 53.3 Å². The molecular formula is C21H25FN4O3. The van der Waals surface area contributed by atoms with Crippen LogP contribution in [0.1, 0.15) is 37.9 Å². The third kappa shape index (κ3) is 4.11. The molecule has 8 heteroatoms. The normalized spacial score (nSPS) is 12.7. The van der Waals surface area contributed by atoms with Crippen molar-refractivity contribution in [2.75, 3.05) is 12.8 Å². The average Bonchev–Trinajstić information content (AvgIpc) is 2.94. The number of anilines is 1. The Morgan fingerprint density at radius 2 is 2.07 bits per heavy atom. The van der Waals surface area contributed by atoms with Gasteiger partial charge in [-0.1, -0.05) is 45.0 Å². The van der Waals surface area contributed by atoms with Crippen molar-refractivity contribution in [3.8, 4) is 5.75 Å². The molecule has 2 aromatic carbocycles. The molecule has 1 unspecified atom stereocenters. The monoisotopic (exact) mass is 400 g/mol. The van der Waals surface area contributed by atoms with Gasteiger partial charge in [0.1, 0.15) is 0 Å². The summed E-state index contributed by atoms with van der Waals surface area (Å²) in [5.41, 5.74) is 8.12. The number of hydrogen-bond acceptors (Lipinski definition) is 4. The number of rotatable bonds is 5. The van der Waals surface area contributed by atoms with E-state index in [1.807, 2.05) is 45.0 Å². The number of nitrogens with zero attached hydrogens (tertiary/aromatic N) is 2. The Morgan fingerprint density at radius 3 is 2.69 bits per heavy atom. The lowest BCUT2D eigenvalue weighted by Crippen LogP contribution is -2.35. The van der Waals surface area contributed by atoms with Crippen LogP contribution in [0.4, 0.5) is 15.0 Å². The predicted molar refractivity (Wildman–Crippen MR) is 110 cm³/mol. The summed E-state index contributed by atoms with van der Waals surface area (Å²) in [7, 11) is 1.39. The maximum absolute atomic E-state index is 14.0. The predicted octanol–water partition coefficient (Wildman–Crippen LogP) is 4.17. The molecule has 3 aromatic rings. The highest BCUT2D eigenvalue weighted by molar-refractivity contribution is 5.95. The number of aromatic nitrogens is 2. The van der Waals surface area contributed by atoms with Crippen LogP contribution < -0.4 is 15.8 Å². The lowest BCUT2D eigenvalue weighted by Gasteiger charge is -2.31. The van der Waals surface area contributed by atoms with Crippen molar-refractivity contribution in [2.24, 2.45) is 5.41 Å². The number of nitrogens with one attached hydrogen (secondary N) is 1. The zero-order valence-corrected chi connectivity index (χ0v) is 16.9. The minimum absolute atomic E-state index is 0.0680. The molecule has 1 atom stereocenters. The number of nitrogen functional groups attached to an aromatic ring is 1. The first kappa shape index (κ1) is 20.4. The van der Waals surface area contributed by atoms with Crippen LogP contribution in [0.2, 0.25) is 0 Å². The molecule has 1 aromatic heterocycles. The van der Waals surface area contributed by atoms with Crippen LogP contribution in [0.5, 0.6) is 5.75 Å². The zero-order valence-electron chi connectivity index (χ0n) is 16.9. The number of halogens is 1. The van der Waals surface area contributed by atoms with Gasteiger partial charge in [-0.3, -0.25) is 4.68 Å². The highest BCUT2D eigenvalue weighted by atomic mass is 19.1. The Morgan fingerprint density at radius 1 is 1.34 bits per heavy atom. The minimum Gasteiger partial charge on any atom is -0.493 e. The van der Waals surface area contributed by atoms with Gasteiger partial charge in [-0.2, -0.15) is 5.10 Å². The quantitative estimate of drug-likeness (QED) is 0.597. The Kier molecular flexibility index (Phi) is 5.37. The van der Waals surface area contributed by atoms with Gasteiger partial charge in [0.25, 0.3) is 0 Å². The molecule has 0 aliphatic heterocycles. The number of carbonyl (C=O) groups is 1. The minimum atomic E-state index is -1.07. The molecule has 0 radical (unpaired) electrons. The molecule has 0 aliphatic carbocycles. The van der Waals surface area contributed by atoms with Gasteiger partial charge < -0.3 is 20.9 Å². The average molecular weight is 400 g/mol. The molecule has 4 N–H and O–H groups in total. The molecule has 29 heavy (non-hydrogen) atoms. The van der Waals surface area contributed by atoms with Crippen molar-refractivity contribution in [2.45, 2.75) is 33.4 Å². The number of benzene rings is 2. The lowest BCUT2D eigenvalue weighted by molar-refractivity contribution is 0.175. The van der Waals surface area contributed by atoms with Crippen molar-refractivity contribution >= 4 is 22.8 Å². The van der Waals surface area contributed by atoms with E-state index in [1.54, 1.807) is 10.7 Å². The fourth-order valence-corrected chi connectivity index (χ4v) is 3.53. The molecule has 1 amide bonds. The summed E-state index contributed by atoms with van der Waals surface area (Å²) in [4.78, 5) is 11.3. The molecule has 0 bridgehead atoms. The summed E-state index contributed by atoms with van der Waals surface area (Å²) < 4.78 is 20.9. The lowest BCUT2D eigenvalue weighted by atomic mass is 9.82. The summed E-state index contributed by atoms with van der Waals surface area (Å²) in [6.45, 7) is 6.31. The first-order valence-corrected chi connectivity index (χ1v) is 9.18. The standard InChI is InChI=1S/C21H25FN4O3/c1-21(2,3)18(24-20(27)28)13-7-5-6-12(10-13)11-26-15-9-8-14(22)17(29-4)16(15)19(23)25-26/h5-10,18,24H,11H2,1-4H3,(H2,23,25)(H,27,28). The number of ether oxygens (including phenoxy) is 1. The summed E-state index contributed by atoms with van der Waals surface area (Å²) >= 11 is 0. The van der Waals surface area contributed by atoms with Crippen molar-refractivity contribution in [1.82, 2.24) is 15.1 Å². The fourth-order valence-electron chi connectivity index (χ4n) is 3.53. The highest BCUT2D eigenvalue weighted by Gasteiger charge is 2.28. The summed E-state index contributed by atoms with van der Waals surface area (Å²) in [6.07, 6.45) is -1.07. The Hall–Kier alpha value is -3.29. The van der Waals surface area contributed by atoms with E-state index in [4.69, 9.17) is 10.5 Å². The Balaban J connectivity index is 2.00. The first-order valence-electron chi connectivity index (χ1n) is 9.18. The van der Waals surface area contributed by atoms with E-state index in [-0.39, 0.29) is 23.0 Å². The van der Waals surface area contributed by atoms with E-state index < -0.39 is 11.9 Å². The molecule has 0 fully saturated rings. The summed E-state index contributed by atoms with van der Waals surface area (Å²) in [5.74, 6) is -0.243. The van der Waals surface area contributed by atoms with E-state index in [0.29, 0.717) is 17.4 Å². The Labute approximate surface area is 168 Å². The van der Waals surface area contributed by atoms with Crippen LogP contribution in [0.3, 0.4) is 0 Å². The van der Waals surface area contributed by atoms with E-state index >= 15 is 0 Å². The van der Waals surface area contributed by atoms with E-state index in [9.17, 15) is 14.3 Å². The largest absolute Gasteiger partial charge is 0.493 e. The second-order valence-electron chi connectivity index (χ2n) is 8.01. The van der Waals surface area contributed by atoms with E-state index in [1.165, 1.54) is 13.2 Å². The van der Waals surface area contributed by atoms with E-state index in [2.05, 4.69) is 10.4 Å². The topological polar surface area (TPSA) is 102 Å². The van der Waals surface area contributed by atoms with Gasteiger partial charge in [0.15, 0.2) is 17.4 Å². The van der Waals surface area contributed by atoms with Gasteiger partial charge in [0, 0.05) is 0 Å². The molecule has 0 saturated heterocycles. The van der Waals surface area contributed by atoms with Crippen molar-refractivity contribution in [1.29, 1.82) is 0 Å². The van der Waals surface area contributed by atoms with Crippen LogP contribution in [-0.2, 0) is 6.54 Å². The van der Waals surface area contributed by atoms with Gasteiger partial charge in [-0.15, -0.1) is 0 Å². The molecule has 1 heterocycles. The number of nitrogens with two attached hydrogens (primary N) is 1. The van der Waals surface area contributed by atoms with Crippen LogP contribution in [0.15, 0.2) is 36.4 Å². The smallest absolute Gasteiger partial charge is 0.405 e. The van der Waals surface area contributed by atoms with Crippen LogP contribution in [-0.4, -0.2) is 28.1 Å². The van der Waals surface area contributed by atoms with Gasteiger partial charge >= 0.3 is 6.09 Å². The number of methoxy groups -OCH3 is 1. The van der Waals surface area contributed by atoms with Crippen LogP contribution >= 0.6 is 0 Å². The molecular weight excluding hydrogens is 375 g/mol. The number of hydrogen-bond donors (Lipinski definition) is 3.